The number of thiazole rings is 1. The van der Waals surface area contributed by atoms with E-state index in [9.17, 15) is 13.2 Å². The number of nitrogens with zero attached hydrogens (tertiary/aromatic N) is 3. The third-order valence-corrected chi connectivity index (χ3v) is 7.06. The summed E-state index contributed by atoms with van der Waals surface area (Å²) in [6.07, 6.45) is 4.37. The van der Waals surface area contributed by atoms with E-state index in [1.165, 1.54) is 29.7 Å². The number of para-hydroxylation sites is 2. The van der Waals surface area contributed by atoms with Crippen LogP contribution in [0.4, 0.5) is 10.8 Å². The van der Waals surface area contributed by atoms with Crippen LogP contribution in [-0.2, 0) is 27.8 Å². The maximum Gasteiger partial charge on any atom is 0.263 e. The van der Waals surface area contributed by atoms with E-state index in [0.29, 0.717) is 10.8 Å². The van der Waals surface area contributed by atoms with Crippen molar-refractivity contribution in [1.82, 2.24) is 14.5 Å². The molecule has 0 aliphatic carbocycles. The summed E-state index contributed by atoms with van der Waals surface area (Å²) in [7, 11) is -3.74. The Kier molecular flexibility index (Phi) is 6.52. The molecular formula is C22H23N5O3S2. The first kappa shape index (κ1) is 22.0. The normalized spacial score (nSPS) is 11.5. The van der Waals surface area contributed by atoms with Gasteiger partial charge in [0.25, 0.3) is 10.0 Å². The van der Waals surface area contributed by atoms with Crippen molar-refractivity contribution in [3.8, 4) is 0 Å². The number of sulfonamides is 1. The van der Waals surface area contributed by atoms with Crippen molar-refractivity contribution in [1.29, 1.82) is 0 Å². The summed E-state index contributed by atoms with van der Waals surface area (Å²) >= 11 is 1.20. The summed E-state index contributed by atoms with van der Waals surface area (Å²) in [6.45, 7) is 2.25. The van der Waals surface area contributed by atoms with E-state index in [-0.39, 0.29) is 17.3 Å². The summed E-state index contributed by atoms with van der Waals surface area (Å²) in [4.78, 5) is 21.5. The predicted molar refractivity (Wildman–Crippen MR) is 126 cm³/mol. The number of aryl methyl sites for hydroxylation is 1. The highest BCUT2D eigenvalue weighted by Crippen LogP contribution is 2.21. The molecule has 8 nitrogen and oxygen atoms in total. The number of benzene rings is 2. The Labute approximate surface area is 190 Å². The number of nitrogens with one attached hydrogen (secondary N) is 2. The first-order valence-electron chi connectivity index (χ1n) is 10.2. The molecule has 0 bridgehead atoms. The molecule has 2 N–H and O–H groups in total. The van der Waals surface area contributed by atoms with Gasteiger partial charge in [-0.3, -0.25) is 9.52 Å². The van der Waals surface area contributed by atoms with Crippen LogP contribution in [0.2, 0.25) is 0 Å². The minimum Gasteiger partial charge on any atom is -0.325 e. The minimum absolute atomic E-state index is 0.0909. The molecule has 4 rings (SSSR count). The standard InChI is InChI=1S/C22H23N5O3S2/c1-2-3-8-20-25-18-6-4-5-7-19(18)27(20)15-21(28)24-16-9-11-17(12-10-16)32(29,30)26-22-23-13-14-31-22/h4-7,9-14H,2-3,8,15H2,1H3,(H,23,26)(H,24,28). The third kappa shape index (κ3) is 4.97. The number of unbranched alkanes of at least 4 members (excludes halogenated alkanes) is 1. The molecule has 10 heteroatoms. The van der Waals surface area contributed by atoms with E-state index >= 15 is 0 Å². The van der Waals surface area contributed by atoms with Gasteiger partial charge in [-0.15, -0.1) is 11.3 Å². The molecule has 0 saturated carbocycles. The van der Waals surface area contributed by atoms with E-state index in [1.54, 1.807) is 17.5 Å². The lowest BCUT2D eigenvalue weighted by Crippen LogP contribution is -2.20. The van der Waals surface area contributed by atoms with Crippen molar-refractivity contribution < 1.29 is 13.2 Å². The van der Waals surface area contributed by atoms with Crippen LogP contribution in [0.3, 0.4) is 0 Å². The second-order valence-corrected chi connectivity index (χ2v) is 9.80. The second-order valence-electron chi connectivity index (χ2n) is 7.22. The summed E-state index contributed by atoms with van der Waals surface area (Å²) in [5, 5.41) is 4.83. The van der Waals surface area contributed by atoms with E-state index in [2.05, 4.69) is 26.9 Å². The zero-order valence-electron chi connectivity index (χ0n) is 17.5. The smallest absolute Gasteiger partial charge is 0.263 e. The molecule has 2 aromatic heterocycles. The van der Waals surface area contributed by atoms with Gasteiger partial charge in [0.05, 0.1) is 15.9 Å². The molecule has 0 aliphatic heterocycles. The van der Waals surface area contributed by atoms with Gasteiger partial charge in [0.2, 0.25) is 5.91 Å². The molecule has 4 aromatic rings. The second kappa shape index (κ2) is 9.49. The van der Waals surface area contributed by atoms with Crippen molar-refractivity contribution in [2.24, 2.45) is 0 Å². The predicted octanol–water partition coefficient (Wildman–Crippen LogP) is 4.27. The average molecular weight is 470 g/mol. The number of hydrogen-bond donors (Lipinski definition) is 2. The fraction of sp³-hybridized carbons (Fsp3) is 0.227. The number of aromatic nitrogens is 3. The highest BCUT2D eigenvalue weighted by Gasteiger charge is 2.16. The van der Waals surface area contributed by atoms with Crippen LogP contribution in [-0.4, -0.2) is 28.9 Å². The van der Waals surface area contributed by atoms with Crippen LogP contribution in [0.1, 0.15) is 25.6 Å². The first-order chi connectivity index (χ1) is 15.5. The van der Waals surface area contributed by atoms with E-state index in [4.69, 9.17) is 0 Å². The number of imidazole rings is 1. The number of fused-ring (bicyclic) bond motifs is 1. The van der Waals surface area contributed by atoms with Crippen LogP contribution < -0.4 is 10.0 Å². The molecule has 166 valence electrons. The van der Waals surface area contributed by atoms with Crippen LogP contribution in [0.25, 0.3) is 11.0 Å². The Morgan fingerprint density at radius 2 is 1.91 bits per heavy atom. The van der Waals surface area contributed by atoms with Gasteiger partial charge in [-0.2, -0.15) is 0 Å². The molecule has 0 aliphatic rings. The molecule has 0 unspecified atom stereocenters. The first-order valence-corrected chi connectivity index (χ1v) is 12.6. The Bertz CT molecular complexity index is 1310. The number of carbonyl (C=O) groups is 1. The lowest BCUT2D eigenvalue weighted by Gasteiger charge is -2.11. The molecule has 0 saturated heterocycles. The quantitative estimate of drug-likeness (QED) is 0.381. The Morgan fingerprint density at radius 3 is 2.62 bits per heavy atom. The highest BCUT2D eigenvalue weighted by molar-refractivity contribution is 7.93. The van der Waals surface area contributed by atoms with Gasteiger partial charge in [-0.05, 0) is 42.8 Å². The topological polar surface area (TPSA) is 106 Å². The fourth-order valence-corrected chi connectivity index (χ4v) is 5.13. The van der Waals surface area contributed by atoms with Crippen molar-refractivity contribution >= 4 is 49.1 Å². The summed E-state index contributed by atoms with van der Waals surface area (Å²) in [6, 6.07) is 13.8. The van der Waals surface area contributed by atoms with Crippen LogP contribution >= 0.6 is 11.3 Å². The molecule has 0 spiro atoms. The number of carbonyl (C=O) groups excluding carboxylic acids is 1. The Balaban J connectivity index is 1.47. The average Bonchev–Trinajstić information content (AvgIpc) is 3.40. The van der Waals surface area contributed by atoms with Crippen molar-refractivity contribution in [3.05, 3.63) is 65.9 Å². The molecular weight excluding hydrogens is 446 g/mol. The molecule has 0 fully saturated rings. The SMILES string of the molecule is CCCCc1nc2ccccc2n1CC(=O)Nc1ccc(S(=O)(=O)Nc2nccs2)cc1. The van der Waals surface area contributed by atoms with Crippen molar-refractivity contribution in [2.75, 3.05) is 10.0 Å². The van der Waals surface area contributed by atoms with Gasteiger partial charge < -0.3 is 9.88 Å². The van der Waals surface area contributed by atoms with E-state index < -0.39 is 10.0 Å². The van der Waals surface area contributed by atoms with Crippen LogP contribution in [0, 0.1) is 0 Å². The molecule has 2 heterocycles. The molecule has 2 aromatic carbocycles. The molecule has 0 radical (unpaired) electrons. The minimum atomic E-state index is -3.74. The number of rotatable bonds is 9. The summed E-state index contributed by atoms with van der Waals surface area (Å²) in [5.41, 5.74) is 2.31. The maximum atomic E-state index is 12.7. The summed E-state index contributed by atoms with van der Waals surface area (Å²) < 4.78 is 29.3. The Morgan fingerprint density at radius 1 is 1.12 bits per heavy atom. The van der Waals surface area contributed by atoms with Crippen LogP contribution in [0.5, 0.6) is 0 Å². The molecule has 0 atom stereocenters. The molecule has 32 heavy (non-hydrogen) atoms. The van der Waals surface area contributed by atoms with Gasteiger partial charge >= 0.3 is 0 Å². The lowest BCUT2D eigenvalue weighted by molar-refractivity contribution is -0.116. The van der Waals surface area contributed by atoms with Crippen molar-refractivity contribution in [2.45, 2.75) is 37.6 Å². The van der Waals surface area contributed by atoms with Gasteiger partial charge in [0.15, 0.2) is 5.13 Å². The Hall–Kier alpha value is -3.24. The zero-order valence-corrected chi connectivity index (χ0v) is 19.1. The fourth-order valence-electron chi connectivity index (χ4n) is 3.34. The van der Waals surface area contributed by atoms with Gasteiger partial charge in [-0.1, -0.05) is 25.5 Å². The van der Waals surface area contributed by atoms with E-state index in [1.807, 2.05) is 28.8 Å². The lowest BCUT2D eigenvalue weighted by atomic mass is 10.2. The third-order valence-electron chi connectivity index (χ3n) is 4.89. The number of anilines is 2. The van der Waals surface area contributed by atoms with Crippen molar-refractivity contribution in [3.63, 3.8) is 0 Å². The van der Waals surface area contributed by atoms with E-state index in [0.717, 1.165) is 36.1 Å². The highest BCUT2D eigenvalue weighted by atomic mass is 32.2. The summed E-state index contributed by atoms with van der Waals surface area (Å²) in [5.74, 6) is 0.681. The zero-order chi connectivity index (χ0) is 22.6. The number of amides is 1. The largest absolute Gasteiger partial charge is 0.325 e. The molecule has 1 amide bonds. The number of hydrogen-bond acceptors (Lipinski definition) is 6. The van der Waals surface area contributed by atoms with Gasteiger partial charge in [-0.25, -0.2) is 18.4 Å². The van der Waals surface area contributed by atoms with Gasteiger partial charge in [0.1, 0.15) is 12.4 Å². The maximum absolute atomic E-state index is 12.7. The monoisotopic (exact) mass is 469 g/mol. The van der Waals surface area contributed by atoms with Gasteiger partial charge in [0, 0.05) is 23.7 Å². The van der Waals surface area contributed by atoms with Crippen LogP contribution in [0.15, 0.2) is 65.0 Å².